The molecule has 7 heteroatoms. The lowest BCUT2D eigenvalue weighted by Gasteiger charge is -2.08. The number of carbonyl (C=O) groups is 2. The molecule has 0 radical (unpaired) electrons. The van der Waals surface area contributed by atoms with Crippen LogP contribution in [0.3, 0.4) is 0 Å². The van der Waals surface area contributed by atoms with Crippen molar-refractivity contribution >= 4 is 29.2 Å². The molecule has 0 aliphatic carbocycles. The zero-order valence-corrected chi connectivity index (χ0v) is 10.3. The van der Waals surface area contributed by atoms with Gasteiger partial charge in [-0.2, -0.15) is 0 Å². The minimum Gasteiger partial charge on any atom is -0.478 e. The highest BCUT2D eigenvalue weighted by Gasteiger charge is 2.14. The number of nitrogens with zero attached hydrogens (tertiary/aromatic N) is 2. The standard InChI is InChI=1S/C12H8ClN3O3/c13-7-1-2-9(8(5-7)12(18)19)16-11(17)10-6-14-3-4-15-10/h1-6H,(H,16,17)(H,18,19). The number of hydrogen-bond donors (Lipinski definition) is 2. The number of benzene rings is 1. The predicted molar refractivity (Wildman–Crippen MR) is 68.4 cm³/mol. The maximum atomic E-state index is 11.8. The van der Waals surface area contributed by atoms with E-state index in [1.165, 1.54) is 36.8 Å². The topological polar surface area (TPSA) is 92.2 Å². The van der Waals surface area contributed by atoms with Gasteiger partial charge in [0.25, 0.3) is 5.91 Å². The number of rotatable bonds is 3. The molecule has 0 bridgehead atoms. The first-order valence-corrected chi connectivity index (χ1v) is 5.56. The third-order valence-corrected chi connectivity index (χ3v) is 2.49. The van der Waals surface area contributed by atoms with Crippen LogP contribution in [0.25, 0.3) is 0 Å². The first-order valence-electron chi connectivity index (χ1n) is 5.18. The Labute approximate surface area is 113 Å². The number of anilines is 1. The van der Waals surface area contributed by atoms with Crippen LogP contribution in [0, 0.1) is 0 Å². The van der Waals surface area contributed by atoms with Crippen LogP contribution in [0.4, 0.5) is 5.69 Å². The van der Waals surface area contributed by atoms with Gasteiger partial charge in [-0.1, -0.05) is 11.6 Å². The second kappa shape index (κ2) is 5.45. The number of amides is 1. The van der Waals surface area contributed by atoms with Crippen LogP contribution >= 0.6 is 11.6 Å². The van der Waals surface area contributed by atoms with Crippen LogP contribution in [-0.2, 0) is 0 Å². The Bertz CT molecular complexity index is 631. The molecule has 0 unspecified atom stereocenters. The average molecular weight is 278 g/mol. The zero-order chi connectivity index (χ0) is 13.8. The molecule has 1 heterocycles. The molecule has 2 N–H and O–H groups in total. The Morgan fingerprint density at radius 2 is 2.05 bits per heavy atom. The Morgan fingerprint density at radius 1 is 1.26 bits per heavy atom. The quantitative estimate of drug-likeness (QED) is 0.896. The molecule has 2 aromatic rings. The minimum atomic E-state index is -1.18. The lowest BCUT2D eigenvalue weighted by molar-refractivity contribution is 0.0698. The van der Waals surface area contributed by atoms with E-state index in [9.17, 15) is 9.59 Å². The molecule has 0 aliphatic rings. The van der Waals surface area contributed by atoms with Crippen LogP contribution < -0.4 is 5.32 Å². The summed E-state index contributed by atoms with van der Waals surface area (Å²) < 4.78 is 0. The lowest BCUT2D eigenvalue weighted by atomic mass is 10.1. The molecule has 19 heavy (non-hydrogen) atoms. The van der Waals surface area contributed by atoms with Gasteiger partial charge in [-0.25, -0.2) is 9.78 Å². The summed E-state index contributed by atoms with van der Waals surface area (Å²) in [5, 5.41) is 11.8. The fourth-order valence-electron chi connectivity index (χ4n) is 1.41. The molecule has 0 atom stereocenters. The Hall–Kier alpha value is -2.47. The highest BCUT2D eigenvalue weighted by Crippen LogP contribution is 2.21. The van der Waals surface area contributed by atoms with Gasteiger partial charge in [-0.15, -0.1) is 0 Å². The van der Waals surface area contributed by atoms with Crippen LogP contribution in [0.2, 0.25) is 5.02 Å². The Kier molecular flexibility index (Phi) is 3.72. The monoisotopic (exact) mass is 277 g/mol. The third-order valence-electron chi connectivity index (χ3n) is 2.26. The highest BCUT2D eigenvalue weighted by molar-refractivity contribution is 6.31. The van der Waals surface area contributed by atoms with E-state index in [1.54, 1.807) is 0 Å². The predicted octanol–water partition coefficient (Wildman–Crippen LogP) is 2.08. The van der Waals surface area contributed by atoms with E-state index in [-0.39, 0.29) is 22.0 Å². The number of aromatic nitrogens is 2. The molecule has 2 rings (SSSR count). The zero-order valence-electron chi connectivity index (χ0n) is 9.50. The van der Waals surface area contributed by atoms with Crippen LogP contribution in [-0.4, -0.2) is 27.0 Å². The second-order valence-electron chi connectivity index (χ2n) is 3.54. The first-order chi connectivity index (χ1) is 9.08. The summed E-state index contributed by atoms with van der Waals surface area (Å²) in [6.07, 6.45) is 4.09. The van der Waals surface area contributed by atoms with Gasteiger partial charge >= 0.3 is 5.97 Å². The molecule has 1 amide bonds. The molecular weight excluding hydrogens is 270 g/mol. The number of carboxylic acid groups (broad SMARTS) is 1. The second-order valence-corrected chi connectivity index (χ2v) is 3.98. The fourth-order valence-corrected chi connectivity index (χ4v) is 1.58. The smallest absolute Gasteiger partial charge is 0.337 e. The van der Waals surface area contributed by atoms with Crippen molar-refractivity contribution in [3.8, 4) is 0 Å². The number of carbonyl (C=O) groups excluding carboxylic acids is 1. The maximum absolute atomic E-state index is 11.8. The van der Waals surface area contributed by atoms with Crippen molar-refractivity contribution in [2.24, 2.45) is 0 Å². The van der Waals surface area contributed by atoms with Crippen molar-refractivity contribution < 1.29 is 14.7 Å². The Morgan fingerprint density at radius 3 is 2.68 bits per heavy atom. The van der Waals surface area contributed by atoms with Crippen LogP contribution in [0.1, 0.15) is 20.8 Å². The van der Waals surface area contributed by atoms with E-state index in [1.807, 2.05) is 0 Å². The van der Waals surface area contributed by atoms with Gasteiger partial charge in [0, 0.05) is 17.4 Å². The summed E-state index contributed by atoms with van der Waals surface area (Å²) in [5.41, 5.74) is 0.145. The number of aromatic carboxylic acids is 1. The van der Waals surface area contributed by atoms with E-state index < -0.39 is 11.9 Å². The van der Waals surface area contributed by atoms with Gasteiger partial charge in [0.2, 0.25) is 0 Å². The summed E-state index contributed by atoms with van der Waals surface area (Å²) in [7, 11) is 0. The number of halogens is 1. The summed E-state index contributed by atoms with van der Waals surface area (Å²) in [5.74, 6) is -1.73. The SMILES string of the molecule is O=C(Nc1ccc(Cl)cc1C(=O)O)c1cnccn1. The number of carboxylic acids is 1. The van der Waals surface area contributed by atoms with Crippen molar-refractivity contribution in [1.82, 2.24) is 9.97 Å². The van der Waals surface area contributed by atoms with E-state index in [2.05, 4.69) is 15.3 Å². The number of nitrogens with one attached hydrogen (secondary N) is 1. The molecular formula is C12H8ClN3O3. The van der Waals surface area contributed by atoms with E-state index in [0.29, 0.717) is 0 Å². The molecule has 0 fully saturated rings. The maximum Gasteiger partial charge on any atom is 0.337 e. The van der Waals surface area contributed by atoms with Gasteiger partial charge in [0.15, 0.2) is 0 Å². The third kappa shape index (κ3) is 3.05. The van der Waals surface area contributed by atoms with Crippen molar-refractivity contribution in [1.29, 1.82) is 0 Å². The molecule has 1 aromatic carbocycles. The normalized spacial score (nSPS) is 9.95. The fraction of sp³-hybridized carbons (Fsp3) is 0. The summed E-state index contributed by atoms with van der Waals surface area (Å²) in [4.78, 5) is 30.5. The summed E-state index contributed by atoms with van der Waals surface area (Å²) in [6.45, 7) is 0. The summed E-state index contributed by atoms with van der Waals surface area (Å²) in [6, 6.07) is 4.16. The van der Waals surface area contributed by atoms with Crippen LogP contribution in [0.15, 0.2) is 36.8 Å². The molecule has 96 valence electrons. The van der Waals surface area contributed by atoms with E-state index in [0.717, 1.165) is 0 Å². The van der Waals surface area contributed by atoms with E-state index >= 15 is 0 Å². The Balaban J connectivity index is 2.29. The van der Waals surface area contributed by atoms with Gasteiger partial charge < -0.3 is 10.4 Å². The average Bonchev–Trinajstić information content (AvgIpc) is 2.41. The van der Waals surface area contributed by atoms with Crippen LogP contribution in [0.5, 0.6) is 0 Å². The molecule has 0 saturated heterocycles. The molecule has 0 saturated carbocycles. The first kappa shape index (κ1) is 13.0. The van der Waals surface area contributed by atoms with Crippen molar-refractivity contribution in [2.75, 3.05) is 5.32 Å². The molecule has 0 aliphatic heterocycles. The summed E-state index contributed by atoms with van der Waals surface area (Å²) >= 11 is 5.72. The van der Waals surface area contributed by atoms with Gasteiger partial charge in [0.05, 0.1) is 17.4 Å². The molecule has 0 spiro atoms. The van der Waals surface area contributed by atoms with Crippen molar-refractivity contribution in [2.45, 2.75) is 0 Å². The van der Waals surface area contributed by atoms with Crippen molar-refractivity contribution in [3.05, 3.63) is 53.1 Å². The van der Waals surface area contributed by atoms with E-state index in [4.69, 9.17) is 16.7 Å². The highest BCUT2D eigenvalue weighted by atomic mass is 35.5. The van der Waals surface area contributed by atoms with Gasteiger partial charge in [-0.3, -0.25) is 9.78 Å². The largest absolute Gasteiger partial charge is 0.478 e. The minimum absolute atomic E-state index is 0.0915. The van der Waals surface area contributed by atoms with Crippen molar-refractivity contribution in [3.63, 3.8) is 0 Å². The molecule has 1 aromatic heterocycles. The number of hydrogen-bond acceptors (Lipinski definition) is 4. The molecule has 6 nitrogen and oxygen atoms in total. The van der Waals surface area contributed by atoms with Gasteiger partial charge in [0.1, 0.15) is 5.69 Å². The van der Waals surface area contributed by atoms with Gasteiger partial charge in [-0.05, 0) is 18.2 Å². The lowest BCUT2D eigenvalue weighted by Crippen LogP contribution is -2.16.